The van der Waals surface area contributed by atoms with Crippen LogP contribution in [-0.4, -0.2) is 29.4 Å². The van der Waals surface area contributed by atoms with E-state index in [2.05, 4.69) is 0 Å². The maximum atomic E-state index is 12.2. The zero-order valence-electron chi connectivity index (χ0n) is 8.74. The Labute approximate surface area is 108 Å². The minimum Gasteiger partial charge on any atom is -0.334 e. The van der Waals surface area contributed by atoms with Gasteiger partial charge in [-0.25, -0.2) is 0 Å². The molecule has 1 aliphatic rings. The molecule has 2 rings (SSSR count). The Bertz CT molecular complexity index is 421. The van der Waals surface area contributed by atoms with Crippen LogP contribution in [0.25, 0.3) is 0 Å². The van der Waals surface area contributed by atoms with Gasteiger partial charge in [0.1, 0.15) is 4.34 Å². The smallest absolute Gasteiger partial charge is 0.256 e. The topological polar surface area (TPSA) is 46.3 Å². The third-order valence-electron chi connectivity index (χ3n) is 2.96. The van der Waals surface area contributed by atoms with Gasteiger partial charge in [-0.05, 0) is 19.4 Å². The predicted molar refractivity (Wildman–Crippen MR) is 67.4 cm³/mol. The summed E-state index contributed by atoms with van der Waals surface area (Å²) in [7, 11) is 0. The molecule has 2 atom stereocenters. The summed E-state index contributed by atoms with van der Waals surface area (Å²) in [5, 5.41) is 0. The molecule has 1 saturated heterocycles. The lowest BCUT2D eigenvalue weighted by Crippen LogP contribution is -2.40. The van der Waals surface area contributed by atoms with Gasteiger partial charge in [0, 0.05) is 18.6 Å². The third kappa shape index (κ3) is 2.07. The van der Waals surface area contributed by atoms with Gasteiger partial charge >= 0.3 is 0 Å². The van der Waals surface area contributed by atoms with E-state index in [4.69, 9.17) is 28.9 Å². The molecule has 2 heterocycles. The van der Waals surface area contributed by atoms with Gasteiger partial charge < -0.3 is 10.6 Å². The normalized spacial score (nSPS) is 25.1. The quantitative estimate of drug-likeness (QED) is 0.859. The lowest BCUT2D eigenvalue weighted by molar-refractivity contribution is 0.0743. The fourth-order valence-electron chi connectivity index (χ4n) is 1.89. The Hall–Kier alpha value is -0.290. The monoisotopic (exact) mass is 278 g/mol. The fourth-order valence-corrected chi connectivity index (χ4v) is 3.34. The molecule has 0 saturated carbocycles. The maximum absolute atomic E-state index is 12.2. The number of likely N-dealkylation sites (tertiary alicyclic amines) is 1. The molecule has 1 amide bonds. The van der Waals surface area contributed by atoms with Crippen LogP contribution in [0.1, 0.15) is 23.7 Å². The van der Waals surface area contributed by atoms with E-state index >= 15 is 0 Å². The molecule has 0 aromatic carbocycles. The van der Waals surface area contributed by atoms with E-state index in [-0.39, 0.29) is 18.0 Å². The Morgan fingerprint density at radius 1 is 1.62 bits per heavy atom. The first-order chi connectivity index (χ1) is 7.50. The number of hydrogen-bond acceptors (Lipinski definition) is 3. The standard InChI is InChI=1S/C10H12Cl2N2OS/c1-5-7(13)2-3-14(5)10(15)6-4-8(11)16-9(6)12/h4-5,7H,2-3,13H2,1H3. The summed E-state index contributed by atoms with van der Waals surface area (Å²) in [5.41, 5.74) is 6.36. The van der Waals surface area contributed by atoms with Gasteiger partial charge in [-0.3, -0.25) is 4.79 Å². The first-order valence-corrected chi connectivity index (χ1v) is 6.59. The average Bonchev–Trinajstić information content (AvgIpc) is 2.71. The average molecular weight is 279 g/mol. The molecule has 2 unspecified atom stereocenters. The van der Waals surface area contributed by atoms with Crippen molar-refractivity contribution in [2.75, 3.05) is 6.54 Å². The predicted octanol–water partition coefficient (Wildman–Crippen LogP) is 2.62. The molecule has 3 nitrogen and oxygen atoms in total. The number of halogens is 2. The molecule has 2 N–H and O–H groups in total. The zero-order chi connectivity index (χ0) is 11.9. The van der Waals surface area contributed by atoms with Crippen LogP contribution in [0.4, 0.5) is 0 Å². The van der Waals surface area contributed by atoms with E-state index in [0.717, 1.165) is 6.42 Å². The number of carbonyl (C=O) groups is 1. The van der Waals surface area contributed by atoms with E-state index in [1.807, 2.05) is 6.92 Å². The molecule has 6 heteroatoms. The molecule has 0 bridgehead atoms. The second-order valence-corrected chi connectivity index (χ2v) is 6.22. The Morgan fingerprint density at radius 2 is 2.31 bits per heavy atom. The molecule has 1 fully saturated rings. The van der Waals surface area contributed by atoms with Crippen molar-refractivity contribution in [1.29, 1.82) is 0 Å². The number of rotatable bonds is 1. The van der Waals surface area contributed by atoms with E-state index in [1.165, 1.54) is 11.3 Å². The van der Waals surface area contributed by atoms with Crippen LogP contribution in [-0.2, 0) is 0 Å². The van der Waals surface area contributed by atoms with Gasteiger partial charge in [-0.15, -0.1) is 11.3 Å². The lowest BCUT2D eigenvalue weighted by atomic mass is 10.1. The molecule has 0 spiro atoms. The highest BCUT2D eigenvalue weighted by Gasteiger charge is 2.33. The van der Waals surface area contributed by atoms with Crippen LogP contribution in [0.5, 0.6) is 0 Å². The van der Waals surface area contributed by atoms with Crippen LogP contribution in [0.2, 0.25) is 8.67 Å². The van der Waals surface area contributed by atoms with Crippen molar-refractivity contribution in [3.63, 3.8) is 0 Å². The van der Waals surface area contributed by atoms with Crippen molar-refractivity contribution in [2.24, 2.45) is 5.73 Å². The largest absolute Gasteiger partial charge is 0.334 e. The zero-order valence-corrected chi connectivity index (χ0v) is 11.1. The highest BCUT2D eigenvalue weighted by atomic mass is 35.5. The Morgan fingerprint density at radius 3 is 2.75 bits per heavy atom. The number of nitrogens with two attached hydrogens (primary N) is 1. The molecule has 0 aliphatic carbocycles. The van der Waals surface area contributed by atoms with Crippen molar-refractivity contribution in [2.45, 2.75) is 25.4 Å². The summed E-state index contributed by atoms with van der Waals surface area (Å²) in [4.78, 5) is 13.9. The maximum Gasteiger partial charge on any atom is 0.256 e. The first kappa shape index (κ1) is 12.2. The number of carbonyl (C=O) groups excluding carboxylic acids is 1. The van der Waals surface area contributed by atoms with Crippen molar-refractivity contribution in [3.05, 3.63) is 20.3 Å². The summed E-state index contributed by atoms with van der Waals surface area (Å²) < 4.78 is 0.979. The number of hydrogen-bond donors (Lipinski definition) is 1. The summed E-state index contributed by atoms with van der Waals surface area (Å²) in [6, 6.07) is 1.73. The molecular formula is C10H12Cl2N2OS. The van der Waals surface area contributed by atoms with Crippen molar-refractivity contribution < 1.29 is 4.79 Å². The molecule has 1 aliphatic heterocycles. The fraction of sp³-hybridized carbons (Fsp3) is 0.500. The molecule has 1 aromatic heterocycles. The van der Waals surface area contributed by atoms with Gasteiger partial charge in [0.25, 0.3) is 5.91 Å². The van der Waals surface area contributed by atoms with Gasteiger partial charge in [0.05, 0.1) is 9.90 Å². The SMILES string of the molecule is CC1C(N)CCN1C(=O)c1cc(Cl)sc1Cl. The minimum absolute atomic E-state index is 0.0526. The Kier molecular flexibility index (Phi) is 3.45. The van der Waals surface area contributed by atoms with E-state index < -0.39 is 0 Å². The van der Waals surface area contributed by atoms with Gasteiger partial charge in [-0.1, -0.05) is 23.2 Å². The summed E-state index contributed by atoms with van der Waals surface area (Å²) in [5.74, 6) is -0.0754. The van der Waals surface area contributed by atoms with Crippen molar-refractivity contribution in [3.8, 4) is 0 Å². The highest BCUT2D eigenvalue weighted by Crippen LogP contribution is 2.33. The van der Waals surface area contributed by atoms with E-state index in [1.54, 1.807) is 11.0 Å². The van der Waals surface area contributed by atoms with Gasteiger partial charge in [0.15, 0.2) is 0 Å². The summed E-state index contributed by atoms with van der Waals surface area (Å²) >= 11 is 13.0. The third-order valence-corrected chi connectivity index (χ3v) is 4.45. The van der Waals surface area contributed by atoms with Crippen LogP contribution in [0.15, 0.2) is 6.07 Å². The summed E-state index contributed by atoms with van der Waals surface area (Å²) in [6.07, 6.45) is 0.836. The van der Waals surface area contributed by atoms with Crippen LogP contribution < -0.4 is 5.73 Å². The summed E-state index contributed by atoms with van der Waals surface area (Å²) in [6.45, 7) is 2.64. The van der Waals surface area contributed by atoms with E-state index in [0.29, 0.717) is 20.8 Å². The number of thiophene rings is 1. The minimum atomic E-state index is -0.0754. The van der Waals surface area contributed by atoms with Crippen molar-refractivity contribution in [1.82, 2.24) is 4.90 Å². The molecule has 16 heavy (non-hydrogen) atoms. The van der Waals surface area contributed by atoms with Crippen molar-refractivity contribution >= 4 is 40.4 Å². The van der Waals surface area contributed by atoms with Crippen LogP contribution in [0.3, 0.4) is 0 Å². The second kappa shape index (κ2) is 4.53. The lowest BCUT2D eigenvalue weighted by Gasteiger charge is -2.22. The van der Waals surface area contributed by atoms with Gasteiger partial charge in [-0.2, -0.15) is 0 Å². The van der Waals surface area contributed by atoms with E-state index in [9.17, 15) is 4.79 Å². The molecule has 88 valence electrons. The second-order valence-electron chi connectivity index (χ2n) is 3.93. The first-order valence-electron chi connectivity index (χ1n) is 5.02. The van der Waals surface area contributed by atoms with Crippen LogP contribution >= 0.6 is 34.5 Å². The highest BCUT2D eigenvalue weighted by molar-refractivity contribution is 7.20. The number of nitrogens with zero attached hydrogens (tertiary/aromatic N) is 1. The number of amides is 1. The molecule has 1 aromatic rings. The molecule has 0 radical (unpaired) electrons. The molecular weight excluding hydrogens is 267 g/mol. The Balaban J connectivity index is 2.23. The van der Waals surface area contributed by atoms with Crippen LogP contribution in [0, 0.1) is 0 Å². The van der Waals surface area contributed by atoms with Gasteiger partial charge in [0.2, 0.25) is 0 Å².